The quantitative estimate of drug-likeness (QED) is 0.0955. The van der Waals surface area contributed by atoms with E-state index in [2.05, 4.69) is 107 Å². The first-order valence-electron chi connectivity index (χ1n) is 21.9. The molecule has 3 heterocycles. The van der Waals surface area contributed by atoms with Crippen molar-refractivity contribution in [2.24, 2.45) is 0 Å². The van der Waals surface area contributed by atoms with E-state index in [1.807, 2.05) is 66.6 Å². The smallest absolute Gasteiger partial charge is 0.245 e. The molecule has 60 heavy (non-hydrogen) atoms. The first-order chi connectivity index (χ1) is 29.3. The highest BCUT2D eigenvalue weighted by Crippen LogP contribution is 2.38. The maximum Gasteiger partial charge on any atom is 0.245 e. The number of rotatable bonds is 15. The van der Waals surface area contributed by atoms with E-state index in [0.717, 1.165) is 115 Å². The van der Waals surface area contributed by atoms with Gasteiger partial charge in [0, 0.05) is 12.1 Å². The second-order valence-corrected chi connectivity index (χ2v) is 16.1. The van der Waals surface area contributed by atoms with Crippen molar-refractivity contribution >= 4 is 11.8 Å². The van der Waals surface area contributed by atoms with E-state index in [0.29, 0.717) is 0 Å². The second-order valence-electron chi connectivity index (χ2n) is 16.1. The van der Waals surface area contributed by atoms with Crippen LogP contribution in [0.15, 0.2) is 109 Å². The fourth-order valence-electron chi connectivity index (χ4n) is 9.33. The van der Waals surface area contributed by atoms with Crippen LogP contribution in [0.3, 0.4) is 0 Å². The van der Waals surface area contributed by atoms with Gasteiger partial charge in [-0.15, -0.1) is 0 Å². The van der Waals surface area contributed by atoms with Gasteiger partial charge >= 0.3 is 0 Å². The van der Waals surface area contributed by atoms with E-state index in [1.54, 1.807) is 0 Å². The fraction of sp³-hybridized carbons (Fsp3) is 0.360. The highest BCUT2D eigenvalue weighted by molar-refractivity contribution is 5.85. The molecule has 3 N–H and O–H groups in total. The number of imidazole rings is 2. The molecule has 8 rings (SSSR count). The summed E-state index contributed by atoms with van der Waals surface area (Å²) >= 11 is 0. The van der Waals surface area contributed by atoms with Crippen LogP contribution in [-0.2, 0) is 22.4 Å². The lowest BCUT2D eigenvalue weighted by atomic mass is 9.89. The zero-order chi connectivity index (χ0) is 41.8. The number of aromatic nitrogens is 4. The van der Waals surface area contributed by atoms with E-state index in [1.165, 1.54) is 11.1 Å². The van der Waals surface area contributed by atoms with Crippen LogP contribution in [0.4, 0.5) is 0 Å². The average molecular weight is 803 g/mol. The van der Waals surface area contributed by atoms with E-state index in [9.17, 15) is 9.59 Å². The molecule has 6 aromatic rings. The van der Waals surface area contributed by atoms with E-state index in [-0.39, 0.29) is 36.0 Å². The van der Waals surface area contributed by atoms with Gasteiger partial charge in [-0.05, 0) is 92.2 Å². The molecule has 1 aliphatic heterocycles. The molecular formula is C50H58N8O2. The Kier molecular flexibility index (Phi) is 12.4. The van der Waals surface area contributed by atoms with Gasteiger partial charge in [0.2, 0.25) is 11.8 Å². The van der Waals surface area contributed by atoms with Gasteiger partial charge < -0.3 is 20.2 Å². The molecule has 310 valence electrons. The summed E-state index contributed by atoms with van der Waals surface area (Å²) in [5.41, 5.74) is 10.9. The number of benzene rings is 4. The Labute approximate surface area is 354 Å². The monoisotopic (exact) mass is 802 g/mol. The summed E-state index contributed by atoms with van der Waals surface area (Å²) in [6.45, 7) is 14.3. The Morgan fingerprint density at radius 3 is 2.05 bits per heavy atom. The third-order valence-electron chi connectivity index (χ3n) is 12.6. The van der Waals surface area contributed by atoms with Crippen molar-refractivity contribution in [3.63, 3.8) is 0 Å². The number of likely N-dealkylation sites (N-methyl/N-ethyl adjacent to an activating group) is 2. The minimum absolute atomic E-state index is 0.0219. The number of nitrogens with one attached hydrogen (secondary N) is 3. The van der Waals surface area contributed by atoms with Gasteiger partial charge in [0.05, 0.1) is 35.4 Å². The number of carbonyl (C=O) groups is 2. The Morgan fingerprint density at radius 2 is 1.38 bits per heavy atom. The summed E-state index contributed by atoms with van der Waals surface area (Å²) < 4.78 is 0. The van der Waals surface area contributed by atoms with Gasteiger partial charge in [-0.3, -0.25) is 19.4 Å². The molecule has 1 aliphatic carbocycles. The van der Waals surface area contributed by atoms with Gasteiger partial charge in [0.1, 0.15) is 23.7 Å². The molecule has 4 atom stereocenters. The molecule has 0 saturated carbocycles. The van der Waals surface area contributed by atoms with Crippen molar-refractivity contribution in [3.05, 3.63) is 143 Å². The number of aromatic amines is 2. The number of carbonyl (C=O) groups excluding carboxylic acids is 2. The number of aryl methyl sites for hydroxylation is 2. The van der Waals surface area contributed by atoms with Crippen LogP contribution in [0.1, 0.15) is 106 Å². The number of amides is 2. The number of nitrogens with zero attached hydrogens (tertiary/aromatic N) is 5. The number of fused-ring (bicyclic) bond motifs is 3. The van der Waals surface area contributed by atoms with Gasteiger partial charge in [-0.25, -0.2) is 9.97 Å². The first kappa shape index (κ1) is 40.9. The lowest BCUT2D eigenvalue weighted by molar-refractivity contribution is -0.138. The molecule has 0 radical (unpaired) electrons. The van der Waals surface area contributed by atoms with Crippen molar-refractivity contribution in [1.82, 2.24) is 40.0 Å². The Balaban J connectivity index is 0.954. The fourth-order valence-corrected chi connectivity index (χ4v) is 9.33. The third-order valence-corrected chi connectivity index (χ3v) is 12.6. The normalized spacial score (nSPS) is 16.4. The molecule has 10 nitrogen and oxygen atoms in total. The maximum absolute atomic E-state index is 14.3. The molecule has 10 heteroatoms. The average Bonchev–Trinajstić information content (AvgIpc) is 4.08. The topological polar surface area (TPSA) is 113 Å². The van der Waals surface area contributed by atoms with E-state index >= 15 is 0 Å². The van der Waals surface area contributed by atoms with Gasteiger partial charge in [-0.1, -0.05) is 131 Å². The maximum atomic E-state index is 14.3. The zero-order valence-corrected chi connectivity index (χ0v) is 35.6. The number of hydrogen-bond acceptors (Lipinski definition) is 6. The SMILES string of the molecule is CCN(CC)C(C(=O)N1CCC[C@H]1c1ncc(-c2ccc(-c3ccc4c(c3)CCc3nc([C@H](C)NC(=O)[C@@H](c5ccccc5)N(CC)CC)[nH]c3-4)cc2)[nH]1)c1ccccc1. The second kappa shape index (κ2) is 18.2. The predicted octanol–water partition coefficient (Wildman–Crippen LogP) is 9.24. The molecular weight excluding hydrogens is 745 g/mol. The van der Waals surface area contributed by atoms with Crippen molar-refractivity contribution < 1.29 is 9.59 Å². The van der Waals surface area contributed by atoms with Gasteiger partial charge in [0.25, 0.3) is 0 Å². The molecule has 2 amide bonds. The van der Waals surface area contributed by atoms with Crippen LogP contribution in [-0.4, -0.2) is 79.2 Å². The van der Waals surface area contributed by atoms with Gasteiger partial charge in [-0.2, -0.15) is 0 Å². The van der Waals surface area contributed by atoms with Crippen LogP contribution >= 0.6 is 0 Å². The molecule has 2 aliphatic rings. The van der Waals surface area contributed by atoms with Crippen LogP contribution in [0.2, 0.25) is 0 Å². The largest absolute Gasteiger partial charge is 0.345 e. The van der Waals surface area contributed by atoms with E-state index in [4.69, 9.17) is 9.97 Å². The Morgan fingerprint density at radius 1 is 0.767 bits per heavy atom. The molecule has 0 bridgehead atoms. The Bertz CT molecular complexity index is 2380. The molecule has 1 saturated heterocycles. The molecule has 4 aromatic carbocycles. The van der Waals surface area contributed by atoms with Crippen LogP contribution in [0.25, 0.3) is 33.6 Å². The highest BCUT2D eigenvalue weighted by atomic mass is 16.2. The first-order valence-corrected chi connectivity index (χ1v) is 21.9. The summed E-state index contributed by atoms with van der Waals surface area (Å²) in [5, 5.41) is 3.27. The minimum Gasteiger partial charge on any atom is -0.345 e. The minimum atomic E-state index is -0.366. The van der Waals surface area contributed by atoms with E-state index < -0.39 is 0 Å². The zero-order valence-electron chi connectivity index (χ0n) is 35.6. The summed E-state index contributed by atoms with van der Waals surface area (Å²) in [6, 6.07) is 34.5. The van der Waals surface area contributed by atoms with Crippen molar-refractivity contribution in [1.29, 1.82) is 0 Å². The lowest BCUT2D eigenvalue weighted by Gasteiger charge is -2.34. The van der Waals surface area contributed by atoms with Crippen molar-refractivity contribution in [2.45, 2.75) is 84.5 Å². The standard InChI is InChI=1S/C50H58N8O2/c1-6-56(7-2)45(36-17-12-10-13-18-36)49(59)52-33(5)47-53-41-29-27-39-31-38(26-28-40(39)44(41)55-47)34-22-24-35(25-23-34)42-32-51-48(54-42)43-21-16-30-58(43)50(60)46(57(8-3)9-4)37-19-14-11-15-20-37/h10-15,17-20,22-26,28,31-33,43,45-46H,6-9,16,21,27,29-30H2,1-5H3,(H,51,54)(H,52,59)(H,53,55)/t33-,43-,45+,46?/m0/s1. The Hall–Kier alpha value is -5.84. The summed E-state index contributed by atoms with van der Waals surface area (Å²) in [5.74, 6) is 1.74. The highest BCUT2D eigenvalue weighted by Gasteiger charge is 2.38. The van der Waals surface area contributed by atoms with Gasteiger partial charge in [0.15, 0.2) is 0 Å². The predicted molar refractivity (Wildman–Crippen MR) is 239 cm³/mol. The van der Waals surface area contributed by atoms with Crippen molar-refractivity contribution in [2.75, 3.05) is 32.7 Å². The number of H-pyrrole nitrogens is 2. The molecule has 1 fully saturated rings. The molecule has 0 spiro atoms. The van der Waals surface area contributed by atoms with Crippen LogP contribution in [0, 0.1) is 0 Å². The molecule has 1 unspecified atom stereocenters. The summed E-state index contributed by atoms with van der Waals surface area (Å²) in [7, 11) is 0. The molecule has 2 aromatic heterocycles. The summed E-state index contributed by atoms with van der Waals surface area (Å²) in [6.07, 6.45) is 5.48. The third kappa shape index (κ3) is 8.18. The summed E-state index contributed by atoms with van der Waals surface area (Å²) in [4.78, 5) is 51.5. The van der Waals surface area contributed by atoms with Crippen LogP contribution < -0.4 is 5.32 Å². The van der Waals surface area contributed by atoms with Crippen LogP contribution in [0.5, 0.6) is 0 Å². The number of hydrogen-bond donors (Lipinski definition) is 3. The van der Waals surface area contributed by atoms with Crippen molar-refractivity contribution in [3.8, 4) is 33.6 Å². The lowest BCUT2D eigenvalue weighted by Crippen LogP contribution is -2.43. The number of likely N-dealkylation sites (tertiary alicyclic amines) is 1.